The van der Waals surface area contributed by atoms with Gasteiger partial charge in [-0.25, -0.2) is 18.7 Å². The second kappa shape index (κ2) is 12.2. The molecule has 0 unspecified atom stereocenters. The second-order valence-corrected chi connectivity index (χ2v) is 11.1. The van der Waals surface area contributed by atoms with Crippen molar-refractivity contribution in [2.75, 3.05) is 26.2 Å². The molecule has 0 N–H and O–H groups in total. The van der Waals surface area contributed by atoms with E-state index >= 15 is 0 Å². The topological polar surface area (TPSA) is 55.3 Å². The number of carbonyl (C=O) groups is 1. The predicted octanol–water partition coefficient (Wildman–Crippen LogP) is 5.29. The van der Waals surface area contributed by atoms with E-state index in [0.717, 1.165) is 66.8 Å². The Morgan fingerprint density at radius 2 is 1.94 bits per heavy atom. The number of pyridine rings is 1. The van der Waals surface area contributed by atoms with Crippen LogP contribution in [0.15, 0.2) is 18.3 Å². The van der Waals surface area contributed by atoms with Crippen molar-refractivity contribution >= 4 is 17.1 Å². The lowest BCUT2D eigenvalue weighted by atomic mass is 9.78. The van der Waals surface area contributed by atoms with E-state index in [9.17, 15) is 13.6 Å². The minimum Gasteiger partial charge on any atom is -0.472 e. The van der Waals surface area contributed by atoms with E-state index in [4.69, 9.17) is 4.74 Å². The summed E-state index contributed by atoms with van der Waals surface area (Å²) >= 11 is 1.63. The lowest BCUT2D eigenvalue weighted by Crippen LogP contribution is -2.29. The quantitative estimate of drug-likeness (QED) is 0.452. The third-order valence-corrected chi connectivity index (χ3v) is 8.05. The number of halogens is 2. The highest BCUT2D eigenvalue weighted by Gasteiger charge is 2.24. The predicted molar refractivity (Wildman–Crippen MR) is 130 cm³/mol. The van der Waals surface area contributed by atoms with Gasteiger partial charge in [-0.15, -0.1) is 11.3 Å². The van der Waals surface area contributed by atoms with Crippen molar-refractivity contribution in [1.82, 2.24) is 14.9 Å². The molecule has 2 aromatic heterocycles. The Hall–Kier alpha value is -1.93. The molecule has 0 aromatic carbocycles. The average molecular weight is 492 g/mol. The van der Waals surface area contributed by atoms with Crippen molar-refractivity contribution in [2.45, 2.75) is 71.1 Å². The first-order valence-electron chi connectivity index (χ1n) is 12.5. The molecular weight excluding hydrogens is 456 g/mol. The number of fused-ring (bicyclic) bond motifs is 1. The molecule has 4 rings (SSSR count). The number of Topliss-reactive ketones (excluding diaryl/α,β-unsaturated/α-hetero) is 1. The molecule has 0 spiro atoms. The van der Waals surface area contributed by atoms with E-state index < -0.39 is 13.0 Å². The van der Waals surface area contributed by atoms with Crippen LogP contribution in [0.3, 0.4) is 0 Å². The van der Waals surface area contributed by atoms with Crippen LogP contribution in [0.1, 0.15) is 59.7 Å². The third-order valence-electron chi connectivity index (χ3n) is 7.14. The second-order valence-electron chi connectivity index (χ2n) is 9.74. The number of aromatic nitrogens is 2. The van der Waals surface area contributed by atoms with Crippen LogP contribution in [-0.4, -0.2) is 53.3 Å². The van der Waals surface area contributed by atoms with E-state index in [1.165, 1.54) is 24.8 Å². The number of ketones is 1. The SMILES string of the molecule is Cc1ncc(CC(=O)CC2CCC(CCN3CCc4ccc(OCC(F)F)nc4CC3)CC2)s1. The first-order valence-corrected chi connectivity index (χ1v) is 13.3. The highest BCUT2D eigenvalue weighted by Crippen LogP contribution is 2.33. The molecule has 186 valence electrons. The number of carbonyl (C=O) groups excluding carboxylic acids is 1. The van der Waals surface area contributed by atoms with Crippen molar-refractivity contribution in [2.24, 2.45) is 11.8 Å². The minimum atomic E-state index is -2.49. The van der Waals surface area contributed by atoms with E-state index in [2.05, 4.69) is 14.9 Å². The standard InChI is InChI=1S/C26H35F2N3O2S/c1-18-29-16-23(34-18)15-22(32)14-20-4-2-19(3-5-20)8-11-31-12-9-21-6-7-26(33-17-25(27)28)30-24(21)10-13-31/h6-7,16,19-20,25H,2-5,8-15,17H2,1H3. The average Bonchev–Trinajstić information content (AvgIpc) is 3.11. The van der Waals surface area contributed by atoms with Crippen molar-refractivity contribution in [3.63, 3.8) is 0 Å². The van der Waals surface area contributed by atoms with Gasteiger partial charge in [0.25, 0.3) is 6.43 Å². The maximum Gasteiger partial charge on any atom is 0.272 e. The van der Waals surface area contributed by atoms with Gasteiger partial charge < -0.3 is 9.64 Å². The molecule has 1 saturated carbocycles. The molecule has 3 heterocycles. The van der Waals surface area contributed by atoms with Crippen molar-refractivity contribution < 1.29 is 18.3 Å². The van der Waals surface area contributed by atoms with Crippen LogP contribution in [0.2, 0.25) is 0 Å². The number of hydrogen-bond donors (Lipinski definition) is 0. The first kappa shape index (κ1) is 25.2. The summed E-state index contributed by atoms with van der Waals surface area (Å²) in [5.74, 6) is 1.93. The van der Waals surface area contributed by atoms with Gasteiger partial charge in [-0.2, -0.15) is 0 Å². The molecular formula is C26H35F2N3O2S. The number of alkyl halides is 2. The monoisotopic (exact) mass is 491 g/mol. The Morgan fingerprint density at radius 1 is 1.18 bits per heavy atom. The van der Waals surface area contributed by atoms with Gasteiger partial charge in [-0.3, -0.25) is 4.79 Å². The van der Waals surface area contributed by atoms with Crippen LogP contribution in [-0.2, 0) is 24.1 Å². The Morgan fingerprint density at radius 3 is 2.68 bits per heavy atom. The molecule has 5 nitrogen and oxygen atoms in total. The first-order chi connectivity index (χ1) is 16.4. The van der Waals surface area contributed by atoms with Gasteiger partial charge in [0.15, 0.2) is 6.61 Å². The number of rotatable bonds is 10. The van der Waals surface area contributed by atoms with Gasteiger partial charge in [0.2, 0.25) is 5.88 Å². The van der Waals surface area contributed by atoms with E-state index in [0.29, 0.717) is 30.4 Å². The molecule has 0 radical (unpaired) electrons. The smallest absolute Gasteiger partial charge is 0.272 e. The number of hydrogen-bond acceptors (Lipinski definition) is 6. The van der Waals surface area contributed by atoms with Crippen LogP contribution in [0.4, 0.5) is 8.78 Å². The Labute approximate surface area is 204 Å². The Bertz CT molecular complexity index is 944. The molecule has 0 saturated heterocycles. The summed E-state index contributed by atoms with van der Waals surface area (Å²) in [6, 6.07) is 3.68. The molecule has 34 heavy (non-hydrogen) atoms. The summed E-state index contributed by atoms with van der Waals surface area (Å²) in [4.78, 5) is 24.8. The van der Waals surface area contributed by atoms with Crippen LogP contribution in [0.5, 0.6) is 5.88 Å². The summed E-state index contributed by atoms with van der Waals surface area (Å²) in [6.07, 6.45) is 8.34. The van der Waals surface area contributed by atoms with Crippen molar-refractivity contribution in [3.05, 3.63) is 39.5 Å². The zero-order valence-corrected chi connectivity index (χ0v) is 20.8. The van der Waals surface area contributed by atoms with Gasteiger partial charge in [-0.05, 0) is 56.6 Å². The highest BCUT2D eigenvalue weighted by atomic mass is 32.1. The largest absolute Gasteiger partial charge is 0.472 e. The lowest BCUT2D eigenvalue weighted by Gasteiger charge is -2.30. The molecule has 0 amide bonds. The van der Waals surface area contributed by atoms with Gasteiger partial charge in [-0.1, -0.05) is 18.9 Å². The summed E-state index contributed by atoms with van der Waals surface area (Å²) in [5, 5.41) is 1.02. The van der Waals surface area contributed by atoms with Gasteiger partial charge in [0, 0.05) is 55.2 Å². The van der Waals surface area contributed by atoms with Crippen LogP contribution in [0, 0.1) is 18.8 Å². The number of aryl methyl sites for hydroxylation is 1. The Balaban J connectivity index is 1.15. The zero-order chi connectivity index (χ0) is 23.9. The normalized spacial score (nSPS) is 21.3. The zero-order valence-electron chi connectivity index (χ0n) is 20.0. The molecule has 1 aliphatic carbocycles. The molecule has 1 fully saturated rings. The maximum atomic E-state index is 12.4. The fourth-order valence-electron chi connectivity index (χ4n) is 5.23. The van der Waals surface area contributed by atoms with Crippen molar-refractivity contribution in [3.8, 4) is 5.88 Å². The lowest BCUT2D eigenvalue weighted by molar-refractivity contribution is -0.119. The van der Waals surface area contributed by atoms with Crippen LogP contribution in [0.25, 0.3) is 0 Å². The molecule has 0 atom stereocenters. The summed E-state index contributed by atoms with van der Waals surface area (Å²) in [5.41, 5.74) is 2.18. The fourth-order valence-corrected chi connectivity index (χ4v) is 6.05. The molecule has 8 heteroatoms. The fraction of sp³-hybridized carbons (Fsp3) is 0.654. The minimum absolute atomic E-state index is 0.296. The Kier molecular flexibility index (Phi) is 9.00. The van der Waals surface area contributed by atoms with E-state index in [1.807, 2.05) is 19.2 Å². The molecule has 2 aliphatic rings. The maximum absolute atomic E-state index is 12.4. The summed E-state index contributed by atoms with van der Waals surface area (Å²) in [6.45, 7) is 4.40. The van der Waals surface area contributed by atoms with Gasteiger partial charge in [0.1, 0.15) is 5.78 Å². The summed E-state index contributed by atoms with van der Waals surface area (Å²) in [7, 11) is 0. The van der Waals surface area contributed by atoms with Crippen LogP contribution < -0.4 is 4.74 Å². The van der Waals surface area contributed by atoms with Crippen molar-refractivity contribution in [1.29, 1.82) is 0 Å². The molecule has 1 aliphatic heterocycles. The number of ether oxygens (including phenoxy) is 1. The van der Waals surface area contributed by atoms with Gasteiger partial charge in [0.05, 0.1) is 5.01 Å². The van der Waals surface area contributed by atoms with Crippen LogP contribution >= 0.6 is 11.3 Å². The molecule has 0 bridgehead atoms. The highest BCUT2D eigenvalue weighted by molar-refractivity contribution is 7.11. The summed E-state index contributed by atoms with van der Waals surface area (Å²) < 4.78 is 29.9. The van der Waals surface area contributed by atoms with Gasteiger partial charge >= 0.3 is 0 Å². The third kappa shape index (κ3) is 7.54. The van der Waals surface area contributed by atoms with E-state index in [-0.39, 0.29) is 0 Å². The number of nitrogens with zero attached hydrogens (tertiary/aromatic N) is 3. The van der Waals surface area contributed by atoms with E-state index in [1.54, 1.807) is 17.4 Å². The molecule has 2 aromatic rings. The number of thiazole rings is 1.